The van der Waals surface area contributed by atoms with E-state index in [1.165, 1.54) is 0 Å². The molecule has 0 saturated heterocycles. The largest absolute Gasteiger partial charge is 0.490 e. The first-order valence-corrected chi connectivity index (χ1v) is 6.32. The Morgan fingerprint density at radius 3 is 2.78 bits per heavy atom. The molecule has 1 amide bonds. The third-order valence-electron chi connectivity index (χ3n) is 2.65. The van der Waals surface area contributed by atoms with Crippen LogP contribution >= 0.6 is 11.6 Å². The second-order valence-corrected chi connectivity index (χ2v) is 4.46. The number of halogens is 1. The smallest absolute Gasteiger partial charge is 0.239 e. The van der Waals surface area contributed by atoms with Gasteiger partial charge in [0.05, 0.1) is 17.6 Å². The SMILES string of the molecule is CCC(N)C(=O)N(C)CCOc1ccccc1Cl. The first-order valence-electron chi connectivity index (χ1n) is 5.94. The lowest BCUT2D eigenvalue weighted by atomic mass is 10.2. The molecule has 0 aliphatic heterocycles. The van der Waals surface area contributed by atoms with Gasteiger partial charge < -0.3 is 15.4 Å². The first-order chi connectivity index (χ1) is 8.56. The molecular formula is C13H19ClN2O2. The number of amides is 1. The summed E-state index contributed by atoms with van der Waals surface area (Å²) in [5, 5.41) is 0.566. The second kappa shape index (κ2) is 7.24. The molecule has 0 saturated carbocycles. The van der Waals surface area contributed by atoms with Gasteiger partial charge in [-0.2, -0.15) is 0 Å². The molecule has 1 aromatic rings. The molecule has 0 aromatic heterocycles. The molecule has 0 heterocycles. The zero-order valence-corrected chi connectivity index (χ0v) is 11.5. The van der Waals surface area contributed by atoms with Gasteiger partial charge in [0.2, 0.25) is 5.91 Å². The fourth-order valence-electron chi connectivity index (χ4n) is 1.42. The zero-order chi connectivity index (χ0) is 13.5. The lowest BCUT2D eigenvalue weighted by molar-refractivity contribution is -0.131. The zero-order valence-electron chi connectivity index (χ0n) is 10.7. The van der Waals surface area contributed by atoms with Crippen LogP contribution in [0.1, 0.15) is 13.3 Å². The normalized spacial score (nSPS) is 12.0. The summed E-state index contributed by atoms with van der Waals surface area (Å²) in [5.74, 6) is 0.556. The fraction of sp³-hybridized carbons (Fsp3) is 0.462. The highest BCUT2D eigenvalue weighted by Gasteiger charge is 2.15. The molecule has 0 bridgehead atoms. The van der Waals surface area contributed by atoms with E-state index in [0.717, 1.165) is 0 Å². The summed E-state index contributed by atoms with van der Waals surface area (Å²) in [7, 11) is 1.72. The van der Waals surface area contributed by atoms with Crippen LogP contribution in [0.25, 0.3) is 0 Å². The Kier molecular flexibility index (Phi) is 5.95. The number of likely N-dealkylation sites (N-methyl/N-ethyl adjacent to an activating group) is 1. The maximum Gasteiger partial charge on any atom is 0.239 e. The average molecular weight is 271 g/mol. The molecule has 0 radical (unpaired) electrons. The molecule has 1 aromatic carbocycles. The van der Waals surface area contributed by atoms with Gasteiger partial charge in [0.1, 0.15) is 12.4 Å². The van der Waals surface area contributed by atoms with Crippen LogP contribution in [0.2, 0.25) is 5.02 Å². The van der Waals surface area contributed by atoms with E-state index in [1.54, 1.807) is 24.1 Å². The maximum atomic E-state index is 11.7. The Balaban J connectivity index is 2.38. The molecular weight excluding hydrogens is 252 g/mol. The highest BCUT2D eigenvalue weighted by molar-refractivity contribution is 6.32. The van der Waals surface area contributed by atoms with Crippen molar-refractivity contribution < 1.29 is 9.53 Å². The van der Waals surface area contributed by atoms with E-state index in [0.29, 0.717) is 30.3 Å². The number of nitrogens with two attached hydrogens (primary N) is 1. The van der Waals surface area contributed by atoms with Gasteiger partial charge in [-0.25, -0.2) is 0 Å². The lowest BCUT2D eigenvalue weighted by Gasteiger charge is -2.20. The Bertz CT molecular complexity index is 398. The van der Waals surface area contributed by atoms with Gasteiger partial charge in [-0.1, -0.05) is 30.7 Å². The number of para-hydroxylation sites is 1. The van der Waals surface area contributed by atoms with Gasteiger partial charge in [0.15, 0.2) is 0 Å². The summed E-state index contributed by atoms with van der Waals surface area (Å²) in [6.45, 7) is 2.76. The van der Waals surface area contributed by atoms with Crippen LogP contribution in [0.5, 0.6) is 5.75 Å². The van der Waals surface area contributed by atoms with Gasteiger partial charge in [0.25, 0.3) is 0 Å². The number of hydrogen-bond donors (Lipinski definition) is 1. The molecule has 1 unspecified atom stereocenters. The van der Waals surface area contributed by atoms with E-state index in [2.05, 4.69) is 0 Å². The third kappa shape index (κ3) is 4.20. The highest BCUT2D eigenvalue weighted by Crippen LogP contribution is 2.22. The lowest BCUT2D eigenvalue weighted by Crippen LogP contribution is -2.42. The van der Waals surface area contributed by atoms with Crippen molar-refractivity contribution in [3.8, 4) is 5.75 Å². The summed E-state index contributed by atoms with van der Waals surface area (Å²) < 4.78 is 5.50. The Morgan fingerprint density at radius 1 is 1.50 bits per heavy atom. The van der Waals surface area contributed by atoms with Crippen molar-refractivity contribution in [2.24, 2.45) is 5.73 Å². The molecule has 0 aliphatic carbocycles. The molecule has 0 fully saturated rings. The molecule has 0 spiro atoms. The minimum absolute atomic E-state index is 0.0692. The molecule has 0 aliphatic rings. The van der Waals surface area contributed by atoms with E-state index < -0.39 is 6.04 Å². The van der Waals surface area contributed by atoms with Crippen molar-refractivity contribution in [3.05, 3.63) is 29.3 Å². The van der Waals surface area contributed by atoms with Gasteiger partial charge in [-0.05, 0) is 18.6 Å². The molecule has 18 heavy (non-hydrogen) atoms. The fourth-order valence-corrected chi connectivity index (χ4v) is 1.61. The predicted octanol–water partition coefficient (Wildman–Crippen LogP) is 1.91. The van der Waals surface area contributed by atoms with Crippen molar-refractivity contribution in [1.82, 2.24) is 4.90 Å². The van der Waals surface area contributed by atoms with E-state index in [1.807, 2.05) is 19.1 Å². The minimum atomic E-state index is -0.435. The van der Waals surface area contributed by atoms with Crippen LogP contribution in [0.15, 0.2) is 24.3 Å². The highest BCUT2D eigenvalue weighted by atomic mass is 35.5. The quantitative estimate of drug-likeness (QED) is 0.859. The topological polar surface area (TPSA) is 55.6 Å². The molecule has 1 atom stereocenters. The number of ether oxygens (including phenoxy) is 1. The van der Waals surface area contributed by atoms with Crippen LogP contribution in [-0.2, 0) is 4.79 Å². The van der Waals surface area contributed by atoms with Crippen molar-refractivity contribution in [3.63, 3.8) is 0 Å². The van der Waals surface area contributed by atoms with Crippen LogP contribution < -0.4 is 10.5 Å². The maximum absolute atomic E-state index is 11.7. The number of hydrogen-bond acceptors (Lipinski definition) is 3. The summed E-state index contributed by atoms with van der Waals surface area (Å²) >= 11 is 5.95. The molecule has 5 heteroatoms. The number of nitrogens with zero attached hydrogens (tertiary/aromatic N) is 1. The third-order valence-corrected chi connectivity index (χ3v) is 2.97. The molecule has 4 nitrogen and oxygen atoms in total. The Hall–Kier alpha value is -1.26. The number of rotatable bonds is 6. The van der Waals surface area contributed by atoms with E-state index in [4.69, 9.17) is 22.1 Å². The van der Waals surface area contributed by atoms with Crippen LogP contribution in [0, 0.1) is 0 Å². The molecule has 1 rings (SSSR count). The van der Waals surface area contributed by atoms with Gasteiger partial charge in [-0.3, -0.25) is 4.79 Å². The van der Waals surface area contributed by atoms with E-state index >= 15 is 0 Å². The first kappa shape index (κ1) is 14.8. The minimum Gasteiger partial charge on any atom is -0.490 e. The van der Waals surface area contributed by atoms with Crippen molar-refractivity contribution in [2.45, 2.75) is 19.4 Å². The van der Waals surface area contributed by atoms with Crippen molar-refractivity contribution in [2.75, 3.05) is 20.2 Å². The van der Waals surface area contributed by atoms with Gasteiger partial charge in [-0.15, -0.1) is 0 Å². The van der Waals surface area contributed by atoms with Gasteiger partial charge in [0, 0.05) is 7.05 Å². The summed E-state index contributed by atoms with van der Waals surface area (Å²) in [6.07, 6.45) is 0.633. The Labute approximate surface area is 113 Å². The van der Waals surface area contributed by atoms with Crippen LogP contribution in [0.4, 0.5) is 0 Å². The van der Waals surface area contributed by atoms with Gasteiger partial charge >= 0.3 is 0 Å². The number of benzene rings is 1. The number of carbonyl (C=O) groups excluding carboxylic acids is 1. The summed E-state index contributed by atoms with van der Waals surface area (Å²) in [5.41, 5.74) is 5.67. The van der Waals surface area contributed by atoms with Crippen LogP contribution in [-0.4, -0.2) is 37.0 Å². The van der Waals surface area contributed by atoms with E-state index in [-0.39, 0.29) is 5.91 Å². The van der Waals surface area contributed by atoms with Crippen molar-refractivity contribution in [1.29, 1.82) is 0 Å². The summed E-state index contributed by atoms with van der Waals surface area (Å²) in [6, 6.07) is 6.81. The van der Waals surface area contributed by atoms with E-state index in [9.17, 15) is 4.79 Å². The van der Waals surface area contributed by atoms with Crippen LogP contribution in [0.3, 0.4) is 0 Å². The molecule has 2 N–H and O–H groups in total. The van der Waals surface area contributed by atoms with Crippen molar-refractivity contribution >= 4 is 17.5 Å². The average Bonchev–Trinajstić information content (AvgIpc) is 2.39. The molecule has 100 valence electrons. The standard InChI is InChI=1S/C13H19ClN2O2/c1-3-11(15)13(17)16(2)8-9-18-12-7-5-4-6-10(12)14/h4-7,11H,3,8-9,15H2,1-2H3. The number of carbonyl (C=O) groups is 1. The second-order valence-electron chi connectivity index (χ2n) is 4.05. The monoisotopic (exact) mass is 270 g/mol. The Morgan fingerprint density at radius 2 is 2.17 bits per heavy atom. The predicted molar refractivity (Wildman–Crippen MR) is 72.9 cm³/mol. The summed E-state index contributed by atoms with van der Waals surface area (Å²) in [4.78, 5) is 13.3.